The molecule has 0 saturated heterocycles. The molecule has 0 saturated carbocycles. The first kappa shape index (κ1) is 8.78. The van der Waals surface area contributed by atoms with E-state index >= 15 is 0 Å². The van der Waals surface area contributed by atoms with E-state index in [2.05, 4.69) is 12.2 Å². The van der Waals surface area contributed by atoms with Crippen molar-refractivity contribution in [2.24, 2.45) is 0 Å². The Morgan fingerprint density at radius 3 is 2.77 bits per heavy atom. The molecular formula is C9H10ClNO2. The van der Waals surface area contributed by atoms with Crippen molar-refractivity contribution in [1.82, 2.24) is 5.06 Å². The van der Waals surface area contributed by atoms with E-state index in [0.717, 1.165) is 12.8 Å². The Hall–Kier alpha value is -0.800. The molecule has 1 aliphatic carbocycles. The summed E-state index contributed by atoms with van der Waals surface area (Å²) in [7, 11) is 0. The predicted molar refractivity (Wildman–Crippen MR) is 49.3 cm³/mol. The number of carbonyl (C=O) groups is 1. The number of halogens is 1. The van der Waals surface area contributed by atoms with Crippen molar-refractivity contribution in [3.05, 3.63) is 23.3 Å². The second-order valence-corrected chi connectivity index (χ2v) is 3.47. The van der Waals surface area contributed by atoms with E-state index in [1.54, 1.807) is 0 Å². The minimum atomic E-state index is -0.541. The van der Waals surface area contributed by atoms with Gasteiger partial charge in [0.1, 0.15) is 0 Å². The summed E-state index contributed by atoms with van der Waals surface area (Å²) < 4.78 is 0. The van der Waals surface area contributed by atoms with Gasteiger partial charge in [-0.2, -0.15) is 0 Å². The van der Waals surface area contributed by atoms with Crippen molar-refractivity contribution in [2.45, 2.75) is 12.8 Å². The first-order chi connectivity index (χ1) is 6.27. The van der Waals surface area contributed by atoms with Crippen molar-refractivity contribution in [3.63, 3.8) is 0 Å². The molecule has 1 aliphatic heterocycles. The minimum Gasteiger partial charge on any atom is -0.265 e. The molecule has 0 aromatic heterocycles. The fourth-order valence-electron chi connectivity index (χ4n) is 1.56. The highest BCUT2D eigenvalue weighted by Crippen LogP contribution is 2.25. The van der Waals surface area contributed by atoms with Gasteiger partial charge in [0.2, 0.25) is 0 Å². The quantitative estimate of drug-likeness (QED) is 0.340. The average Bonchev–Trinajstić information content (AvgIpc) is 2.17. The first-order valence-corrected chi connectivity index (χ1v) is 4.60. The maximum atomic E-state index is 10.8. The third-order valence-corrected chi connectivity index (χ3v) is 2.51. The second-order valence-electron chi connectivity index (χ2n) is 3.15. The number of rotatable bonds is 0. The number of hydrogen-bond acceptors (Lipinski definition) is 2. The fourth-order valence-corrected chi connectivity index (χ4v) is 1.67. The van der Waals surface area contributed by atoms with Crippen LogP contribution in [0.5, 0.6) is 0 Å². The number of nitrogens with zero attached hydrogens (tertiary/aromatic N) is 1. The molecule has 70 valence electrons. The van der Waals surface area contributed by atoms with Gasteiger partial charge in [0.15, 0.2) is 0 Å². The summed E-state index contributed by atoms with van der Waals surface area (Å²) in [6.07, 6.45) is 6.10. The van der Waals surface area contributed by atoms with Crippen molar-refractivity contribution < 1.29 is 9.63 Å². The Labute approximate surface area is 81.6 Å². The van der Waals surface area contributed by atoms with Crippen LogP contribution in [0.25, 0.3) is 0 Å². The maximum Gasteiger partial charge on any atom is 0.340 e. The highest BCUT2D eigenvalue weighted by molar-refractivity contribution is 6.62. The summed E-state index contributed by atoms with van der Waals surface area (Å²) in [4.78, 5) is 16.0. The van der Waals surface area contributed by atoms with Gasteiger partial charge in [0, 0.05) is 0 Å². The summed E-state index contributed by atoms with van der Waals surface area (Å²) in [5.41, 5.74) is 2.56. The molecule has 0 aromatic rings. The van der Waals surface area contributed by atoms with Gasteiger partial charge in [-0.05, 0) is 35.6 Å². The lowest BCUT2D eigenvalue weighted by atomic mass is 9.97. The standard InChI is InChI=1S/C9H10ClNO2/c10-9(12)11-5-7-3-1-2-4-8(7)6-13-11/h1-2H,3-6H2. The van der Waals surface area contributed by atoms with Crippen LogP contribution < -0.4 is 0 Å². The number of carbonyl (C=O) groups excluding carboxylic acids is 1. The van der Waals surface area contributed by atoms with E-state index in [0.29, 0.717) is 13.2 Å². The van der Waals surface area contributed by atoms with Crippen molar-refractivity contribution in [2.75, 3.05) is 13.2 Å². The van der Waals surface area contributed by atoms with Crippen LogP contribution in [0.1, 0.15) is 12.8 Å². The first-order valence-electron chi connectivity index (χ1n) is 4.22. The summed E-state index contributed by atoms with van der Waals surface area (Å²) in [5, 5.41) is 0.667. The van der Waals surface area contributed by atoms with E-state index < -0.39 is 5.37 Å². The molecule has 1 heterocycles. The number of allylic oxidation sites excluding steroid dienone is 2. The second kappa shape index (κ2) is 3.52. The Morgan fingerprint density at radius 1 is 1.38 bits per heavy atom. The summed E-state index contributed by atoms with van der Waals surface area (Å²) in [6, 6.07) is 0. The fraction of sp³-hybridized carbons (Fsp3) is 0.444. The number of amides is 1. The highest BCUT2D eigenvalue weighted by atomic mass is 35.5. The van der Waals surface area contributed by atoms with E-state index in [1.807, 2.05) is 0 Å². The molecule has 2 aliphatic rings. The number of hydrogen-bond donors (Lipinski definition) is 0. The van der Waals surface area contributed by atoms with Crippen LogP contribution >= 0.6 is 11.6 Å². The van der Waals surface area contributed by atoms with Gasteiger partial charge in [-0.25, -0.2) is 5.06 Å². The average molecular weight is 200 g/mol. The van der Waals surface area contributed by atoms with Crippen LogP contribution in [-0.2, 0) is 4.84 Å². The Kier molecular flexibility index (Phi) is 2.38. The molecule has 1 amide bonds. The van der Waals surface area contributed by atoms with E-state index in [9.17, 15) is 4.79 Å². The van der Waals surface area contributed by atoms with Crippen LogP contribution in [0.2, 0.25) is 0 Å². The molecular weight excluding hydrogens is 190 g/mol. The third kappa shape index (κ3) is 1.76. The Bertz CT molecular complexity index is 296. The zero-order chi connectivity index (χ0) is 9.26. The van der Waals surface area contributed by atoms with Crippen molar-refractivity contribution in [3.8, 4) is 0 Å². The SMILES string of the molecule is O=C(Cl)N1CC2=C(CC=CC2)CO1. The van der Waals surface area contributed by atoms with Gasteiger partial charge in [-0.3, -0.25) is 9.63 Å². The van der Waals surface area contributed by atoms with Gasteiger partial charge in [-0.1, -0.05) is 12.2 Å². The molecule has 0 unspecified atom stereocenters. The van der Waals surface area contributed by atoms with E-state index in [-0.39, 0.29) is 0 Å². The normalized spacial score (nSPS) is 21.8. The van der Waals surface area contributed by atoms with Crippen LogP contribution in [0.15, 0.2) is 23.3 Å². The highest BCUT2D eigenvalue weighted by Gasteiger charge is 2.22. The molecule has 2 rings (SSSR count). The van der Waals surface area contributed by atoms with Crippen LogP contribution in [0.4, 0.5) is 4.79 Å². The summed E-state index contributed by atoms with van der Waals surface area (Å²) in [6.45, 7) is 1.01. The molecule has 0 atom stereocenters. The molecule has 0 radical (unpaired) electrons. The predicted octanol–water partition coefficient (Wildman–Crippen LogP) is 2.24. The molecule has 0 aromatic carbocycles. The molecule has 0 fully saturated rings. The monoisotopic (exact) mass is 199 g/mol. The van der Waals surface area contributed by atoms with Gasteiger partial charge in [0.05, 0.1) is 13.2 Å². The lowest BCUT2D eigenvalue weighted by Gasteiger charge is -2.29. The molecule has 0 spiro atoms. The molecule has 4 heteroatoms. The molecule has 3 nitrogen and oxygen atoms in total. The van der Waals surface area contributed by atoms with Gasteiger partial charge in [0.25, 0.3) is 0 Å². The molecule has 0 bridgehead atoms. The van der Waals surface area contributed by atoms with Gasteiger partial charge >= 0.3 is 5.37 Å². The van der Waals surface area contributed by atoms with Crippen molar-refractivity contribution in [1.29, 1.82) is 0 Å². The minimum absolute atomic E-state index is 0.498. The summed E-state index contributed by atoms with van der Waals surface area (Å²) >= 11 is 5.31. The molecule has 13 heavy (non-hydrogen) atoms. The van der Waals surface area contributed by atoms with E-state index in [4.69, 9.17) is 16.4 Å². The van der Waals surface area contributed by atoms with Crippen LogP contribution in [0.3, 0.4) is 0 Å². The summed E-state index contributed by atoms with van der Waals surface area (Å²) in [5.74, 6) is 0. The van der Waals surface area contributed by atoms with Gasteiger partial charge < -0.3 is 0 Å². The van der Waals surface area contributed by atoms with E-state index in [1.165, 1.54) is 16.2 Å². The largest absolute Gasteiger partial charge is 0.340 e. The zero-order valence-electron chi connectivity index (χ0n) is 7.12. The topological polar surface area (TPSA) is 29.5 Å². The number of hydroxylamine groups is 2. The molecule has 0 N–H and O–H groups in total. The zero-order valence-corrected chi connectivity index (χ0v) is 7.88. The Morgan fingerprint density at radius 2 is 2.08 bits per heavy atom. The maximum absolute atomic E-state index is 10.8. The third-order valence-electron chi connectivity index (χ3n) is 2.32. The van der Waals surface area contributed by atoms with Crippen LogP contribution in [0, 0.1) is 0 Å². The smallest absolute Gasteiger partial charge is 0.265 e. The Balaban J connectivity index is 2.10. The van der Waals surface area contributed by atoms with Gasteiger partial charge in [-0.15, -0.1) is 0 Å². The lowest BCUT2D eigenvalue weighted by molar-refractivity contribution is -0.103. The van der Waals surface area contributed by atoms with Crippen LogP contribution in [-0.4, -0.2) is 23.6 Å². The van der Waals surface area contributed by atoms with Crippen molar-refractivity contribution >= 4 is 17.0 Å². The lowest BCUT2D eigenvalue weighted by Crippen LogP contribution is -2.34.